The van der Waals surface area contributed by atoms with Crippen molar-refractivity contribution in [3.05, 3.63) is 28.8 Å². The molecule has 1 aliphatic rings. The first-order valence-corrected chi connectivity index (χ1v) is 9.44. The second-order valence-electron chi connectivity index (χ2n) is 7.09. The van der Waals surface area contributed by atoms with Gasteiger partial charge in [0.25, 0.3) is 0 Å². The summed E-state index contributed by atoms with van der Waals surface area (Å²) >= 11 is 0. The summed E-state index contributed by atoms with van der Waals surface area (Å²) in [5, 5.41) is 0. The van der Waals surface area contributed by atoms with E-state index in [2.05, 4.69) is 4.98 Å². The molecule has 8 heteroatoms. The molecule has 2 aromatic heterocycles. The van der Waals surface area contributed by atoms with Crippen molar-refractivity contribution in [3.63, 3.8) is 0 Å². The minimum atomic E-state index is -0.228. The molecule has 0 saturated carbocycles. The van der Waals surface area contributed by atoms with E-state index in [0.29, 0.717) is 43.7 Å². The van der Waals surface area contributed by atoms with Crippen LogP contribution in [0.1, 0.15) is 39.7 Å². The highest BCUT2D eigenvalue weighted by Gasteiger charge is 2.29. The zero-order valence-corrected chi connectivity index (χ0v) is 16.1. The number of fused-ring (bicyclic) bond motifs is 1. The number of aromatic nitrogens is 3. The molecule has 8 nitrogen and oxygen atoms in total. The third-order valence-corrected chi connectivity index (χ3v) is 5.00. The van der Waals surface area contributed by atoms with Crippen molar-refractivity contribution >= 4 is 23.0 Å². The van der Waals surface area contributed by atoms with E-state index in [1.165, 1.54) is 4.57 Å². The molecule has 2 aromatic rings. The highest BCUT2D eigenvalue weighted by Crippen LogP contribution is 2.20. The van der Waals surface area contributed by atoms with Crippen molar-refractivity contribution in [1.82, 2.24) is 19.0 Å². The van der Waals surface area contributed by atoms with Gasteiger partial charge >= 0.3 is 11.7 Å². The molecule has 1 aliphatic heterocycles. The average Bonchev–Trinajstić information content (AvgIpc) is 2.94. The maximum Gasteiger partial charge on any atom is 0.331 e. The summed E-state index contributed by atoms with van der Waals surface area (Å²) in [5.41, 5.74) is 1.02. The number of amides is 1. The molecule has 3 rings (SSSR count). The number of piperidine rings is 1. The normalized spacial score (nSPS) is 15.5. The number of imidazole rings is 1. The molecule has 0 bridgehead atoms. The van der Waals surface area contributed by atoms with Crippen LogP contribution < -0.4 is 5.69 Å². The highest BCUT2D eigenvalue weighted by molar-refractivity contribution is 5.80. The average molecular weight is 374 g/mol. The van der Waals surface area contributed by atoms with Crippen molar-refractivity contribution in [1.29, 1.82) is 0 Å². The van der Waals surface area contributed by atoms with Crippen LogP contribution in [0, 0.1) is 5.92 Å². The van der Waals surface area contributed by atoms with Crippen LogP contribution >= 0.6 is 0 Å². The Balaban J connectivity index is 1.75. The first-order chi connectivity index (χ1) is 12.9. The maximum atomic E-state index is 12.8. The van der Waals surface area contributed by atoms with Crippen molar-refractivity contribution < 1.29 is 14.3 Å². The molecule has 0 spiro atoms. The van der Waals surface area contributed by atoms with Gasteiger partial charge in [-0.3, -0.25) is 18.7 Å². The van der Waals surface area contributed by atoms with Gasteiger partial charge in [-0.25, -0.2) is 9.78 Å². The van der Waals surface area contributed by atoms with E-state index in [9.17, 15) is 14.4 Å². The number of esters is 1. The second kappa shape index (κ2) is 7.94. The fourth-order valence-corrected chi connectivity index (χ4v) is 3.59. The molecule has 3 heterocycles. The summed E-state index contributed by atoms with van der Waals surface area (Å²) in [6, 6.07) is 3.52. The van der Waals surface area contributed by atoms with Crippen molar-refractivity contribution in [2.45, 2.75) is 46.2 Å². The van der Waals surface area contributed by atoms with E-state index in [-0.39, 0.29) is 36.1 Å². The number of pyridine rings is 1. The van der Waals surface area contributed by atoms with Gasteiger partial charge in [-0.2, -0.15) is 0 Å². The van der Waals surface area contributed by atoms with E-state index in [4.69, 9.17) is 4.74 Å². The maximum absolute atomic E-state index is 12.8. The minimum Gasteiger partial charge on any atom is -0.466 e. The Morgan fingerprint density at radius 2 is 2.00 bits per heavy atom. The lowest BCUT2D eigenvalue weighted by Gasteiger charge is -2.31. The van der Waals surface area contributed by atoms with Crippen molar-refractivity contribution in [2.75, 3.05) is 19.7 Å². The van der Waals surface area contributed by atoms with Gasteiger partial charge in [0.2, 0.25) is 5.91 Å². The van der Waals surface area contributed by atoms with Crippen LogP contribution in [0.3, 0.4) is 0 Å². The molecular weight excluding hydrogens is 348 g/mol. The molecule has 0 radical (unpaired) electrons. The number of hydrogen-bond donors (Lipinski definition) is 0. The molecule has 0 N–H and O–H groups in total. The molecular formula is C19H26N4O4. The third-order valence-electron chi connectivity index (χ3n) is 5.00. The van der Waals surface area contributed by atoms with Crippen LogP contribution in [0.5, 0.6) is 0 Å². The van der Waals surface area contributed by atoms with E-state index >= 15 is 0 Å². The highest BCUT2D eigenvalue weighted by atomic mass is 16.5. The van der Waals surface area contributed by atoms with E-state index in [1.54, 1.807) is 28.7 Å². The van der Waals surface area contributed by atoms with Gasteiger partial charge in [0.1, 0.15) is 6.54 Å². The molecule has 0 aromatic carbocycles. The lowest BCUT2D eigenvalue weighted by atomic mass is 9.97. The fraction of sp³-hybridized carbons (Fsp3) is 0.579. The largest absolute Gasteiger partial charge is 0.466 e. The monoisotopic (exact) mass is 374 g/mol. The first-order valence-electron chi connectivity index (χ1n) is 9.44. The zero-order valence-electron chi connectivity index (χ0n) is 16.1. The number of hydrogen-bond acceptors (Lipinski definition) is 5. The smallest absolute Gasteiger partial charge is 0.331 e. The Morgan fingerprint density at radius 3 is 2.63 bits per heavy atom. The summed E-state index contributed by atoms with van der Waals surface area (Å²) in [6.07, 6.45) is 2.83. The van der Waals surface area contributed by atoms with Crippen molar-refractivity contribution in [2.24, 2.45) is 5.92 Å². The van der Waals surface area contributed by atoms with Crippen LogP contribution in [0.15, 0.2) is 23.1 Å². The summed E-state index contributed by atoms with van der Waals surface area (Å²) < 4.78 is 8.16. The van der Waals surface area contributed by atoms with Gasteiger partial charge in [0.15, 0.2) is 5.65 Å². The predicted octanol–water partition coefficient (Wildman–Crippen LogP) is 1.58. The molecule has 0 atom stereocenters. The summed E-state index contributed by atoms with van der Waals surface area (Å²) in [4.78, 5) is 43.5. The molecule has 27 heavy (non-hydrogen) atoms. The first kappa shape index (κ1) is 19.1. The van der Waals surface area contributed by atoms with Gasteiger partial charge in [-0.15, -0.1) is 0 Å². The lowest BCUT2D eigenvalue weighted by Crippen LogP contribution is -2.43. The van der Waals surface area contributed by atoms with Gasteiger partial charge in [0, 0.05) is 25.3 Å². The Bertz CT molecular complexity index is 891. The number of rotatable bonds is 5. The molecule has 0 aliphatic carbocycles. The van der Waals surface area contributed by atoms with Gasteiger partial charge in [-0.05, 0) is 45.7 Å². The fourth-order valence-electron chi connectivity index (χ4n) is 3.59. The third kappa shape index (κ3) is 3.74. The Labute approximate surface area is 157 Å². The van der Waals surface area contributed by atoms with Crippen LogP contribution in [-0.4, -0.2) is 50.6 Å². The number of ether oxygens (including phenoxy) is 1. The molecule has 1 amide bonds. The van der Waals surface area contributed by atoms with Gasteiger partial charge < -0.3 is 9.64 Å². The zero-order chi connectivity index (χ0) is 19.6. The SMILES string of the molecule is CCOC(=O)C1CCN(C(=O)Cn2c(=O)n(C(C)C)c3ncccc32)CC1. The Kier molecular flexibility index (Phi) is 5.62. The van der Waals surface area contributed by atoms with E-state index in [1.807, 2.05) is 19.9 Å². The number of nitrogens with zero attached hydrogens (tertiary/aromatic N) is 4. The predicted molar refractivity (Wildman–Crippen MR) is 100 cm³/mol. The Morgan fingerprint density at radius 1 is 1.30 bits per heavy atom. The van der Waals surface area contributed by atoms with Gasteiger partial charge in [0.05, 0.1) is 18.0 Å². The lowest BCUT2D eigenvalue weighted by molar-refractivity contribution is -0.151. The van der Waals surface area contributed by atoms with Crippen LogP contribution in [0.25, 0.3) is 11.2 Å². The quantitative estimate of drug-likeness (QED) is 0.742. The molecule has 1 saturated heterocycles. The minimum absolute atomic E-state index is 0.0230. The molecule has 146 valence electrons. The van der Waals surface area contributed by atoms with Crippen LogP contribution in [0.4, 0.5) is 0 Å². The summed E-state index contributed by atoms with van der Waals surface area (Å²) in [6.45, 7) is 6.97. The molecule has 1 fully saturated rings. The number of carbonyl (C=O) groups is 2. The molecule has 0 unspecified atom stereocenters. The summed E-state index contributed by atoms with van der Waals surface area (Å²) in [5.74, 6) is -0.457. The topological polar surface area (TPSA) is 86.4 Å². The number of carbonyl (C=O) groups excluding carboxylic acids is 2. The second-order valence-corrected chi connectivity index (χ2v) is 7.09. The van der Waals surface area contributed by atoms with E-state index < -0.39 is 0 Å². The Hall–Kier alpha value is -2.64. The van der Waals surface area contributed by atoms with Crippen LogP contribution in [0.2, 0.25) is 0 Å². The van der Waals surface area contributed by atoms with Crippen molar-refractivity contribution in [3.8, 4) is 0 Å². The van der Waals surface area contributed by atoms with E-state index in [0.717, 1.165) is 0 Å². The standard InChI is InChI=1S/C19H26N4O4/c1-4-27-18(25)14-7-10-21(11-8-14)16(24)12-22-15-6-5-9-20-17(15)23(13(2)3)19(22)26/h5-6,9,13-14H,4,7-8,10-12H2,1-3H3. The number of likely N-dealkylation sites (tertiary alicyclic amines) is 1. The van der Waals surface area contributed by atoms with Crippen LogP contribution in [-0.2, 0) is 20.9 Å². The summed E-state index contributed by atoms with van der Waals surface area (Å²) in [7, 11) is 0. The van der Waals surface area contributed by atoms with Gasteiger partial charge in [-0.1, -0.05) is 0 Å².